The molecule has 0 fully saturated rings. The fraction of sp³-hybridized carbons (Fsp3) is 0.0175. The highest BCUT2D eigenvalue weighted by Gasteiger charge is 2.35. The Labute approximate surface area is 365 Å². The van der Waals surface area contributed by atoms with E-state index >= 15 is 0 Å². The third-order valence-corrected chi connectivity index (χ3v) is 13.0. The summed E-state index contributed by atoms with van der Waals surface area (Å²) in [6.07, 6.45) is 2.02. The Hall–Kier alpha value is -8.68. The van der Waals surface area contributed by atoms with Gasteiger partial charge in [-0.25, -0.2) is 15.0 Å². The quantitative estimate of drug-likeness (QED) is 0.172. The summed E-state index contributed by atoms with van der Waals surface area (Å²) in [5.74, 6) is 1.48. The van der Waals surface area contributed by atoms with E-state index < -0.39 is 0 Å². The van der Waals surface area contributed by atoms with Crippen LogP contribution in [0.1, 0.15) is 22.7 Å². The van der Waals surface area contributed by atoms with Crippen molar-refractivity contribution in [2.24, 2.45) is 0 Å². The molecule has 5 aromatic heterocycles. The van der Waals surface area contributed by atoms with E-state index in [0.717, 1.165) is 110 Å². The van der Waals surface area contributed by atoms with Gasteiger partial charge in [-0.15, -0.1) is 0 Å². The van der Waals surface area contributed by atoms with Crippen molar-refractivity contribution >= 4 is 65.7 Å². The van der Waals surface area contributed by atoms with Gasteiger partial charge in [0.25, 0.3) is 0 Å². The van der Waals surface area contributed by atoms with Crippen molar-refractivity contribution in [3.63, 3.8) is 0 Å². The van der Waals surface area contributed by atoms with Crippen LogP contribution in [0.25, 0.3) is 117 Å². The lowest BCUT2D eigenvalue weighted by Gasteiger charge is -2.19. The van der Waals surface area contributed by atoms with E-state index in [1.165, 1.54) is 5.56 Å². The Kier molecular flexibility index (Phi) is 7.33. The van der Waals surface area contributed by atoms with Crippen LogP contribution in [0.4, 0.5) is 0 Å². The summed E-state index contributed by atoms with van der Waals surface area (Å²) in [6.45, 7) is 0. The third kappa shape index (κ3) is 5.15. The molecule has 0 bridgehead atoms. The van der Waals surface area contributed by atoms with Gasteiger partial charge >= 0.3 is 0 Å². The average Bonchev–Trinajstić information content (AvgIpc) is 4.10. The maximum atomic E-state index is 6.46. The molecule has 7 heteroatoms. The fourth-order valence-corrected chi connectivity index (χ4v) is 10.1. The first kappa shape index (κ1) is 35.0. The minimum atomic E-state index is -0.236. The zero-order chi connectivity index (χ0) is 41.9. The van der Waals surface area contributed by atoms with Crippen LogP contribution in [-0.4, -0.2) is 24.5 Å². The van der Waals surface area contributed by atoms with Crippen molar-refractivity contribution in [2.75, 3.05) is 0 Å². The van der Waals surface area contributed by atoms with Crippen LogP contribution in [0.2, 0.25) is 0 Å². The highest BCUT2D eigenvalue weighted by molar-refractivity contribution is 6.17. The van der Waals surface area contributed by atoms with E-state index in [1.807, 2.05) is 91.1 Å². The van der Waals surface area contributed by atoms with Crippen LogP contribution in [0.5, 0.6) is 0 Å². The Balaban J connectivity index is 1.08. The molecular formula is C57H33N5O2. The zero-order valence-corrected chi connectivity index (χ0v) is 34.1. The van der Waals surface area contributed by atoms with Gasteiger partial charge in [-0.05, 0) is 70.8 Å². The predicted octanol–water partition coefficient (Wildman–Crippen LogP) is 14.3. The van der Waals surface area contributed by atoms with Gasteiger partial charge in [-0.1, -0.05) is 140 Å². The second-order valence-corrected chi connectivity index (χ2v) is 16.5. The maximum Gasteiger partial charge on any atom is 0.166 e. The predicted molar refractivity (Wildman–Crippen MR) is 256 cm³/mol. The number of benzene rings is 8. The molecule has 13 aromatic rings. The summed E-state index contributed by atoms with van der Waals surface area (Å²) in [5.41, 5.74) is 14.6. The first-order valence-corrected chi connectivity index (χ1v) is 21.5. The van der Waals surface area contributed by atoms with E-state index in [-0.39, 0.29) is 5.92 Å². The smallest absolute Gasteiger partial charge is 0.166 e. The Morgan fingerprint density at radius 3 is 1.67 bits per heavy atom. The lowest BCUT2D eigenvalue weighted by molar-refractivity contribution is 0.669. The molecule has 1 unspecified atom stereocenters. The number of hydrogen-bond acceptors (Lipinski definition) is 6. The van der Waals surface area contributed by atoms with Gasteiger partial charge < -0.3 is 13.4 Å². The number of para-hydroxylation sites is 3. The monoisotopic (exact) mass is 819 g/mol. The molecule has 0 N–H and O–H groups in total. The summed E-state index contributed by atoms with van der Waals surface area (Å²) in [6, 6.07) is 65.2. The van der Waals surface area contributed by atoms with Crippen LogP contribution in [0.15, 0.2) is 203 Å². The van der Waals surface area contributed by atoms with Crippen molar-refractivity contribution < 1.29 is 8.83 Å². The van der Waals surface area contributed by atoms with Gasteiger partial charge in [0.1, 0.15) is 22.3 Å². The number of furan rings is 2. The molecule has 64 heavy (non-hydrogen) atoms. The summed E-state index contributed by atoms with van der Waals surface area (Å²) in [7, 11) is 0. The van der Waals surface area contributed by atoms with E-state index in [9.17, 15) is 0 Å². The van der Waals surface area contributed by atoms with Crippen LogP contribution >= 0.6 is 0 Å². The molecule has 0 spiro atoms. The lowest BCUT2D eigenvalue weighted by Crippen LogP contribution is -2.09. The van der Waals surface area contributed by atoms with Gasteiger partial charge in [0, 0.05) is 49.0 Å². The first-order chi connectivity index (χ1) is 31.7. The Morgan fingerprint density at radius 2 is 0.953 bits per heavy atom. The van der Waals surface area contributed by atoms with Crippen molar-refractivity contribution in [2.45, 2.75) is 5.92 Å². The van der Waals surface area contributed by atoms with E-state index in [0.29, 0.717) is 17.5 Å². The molecule has 0 amide bonds. The average molecular weight is 820 g/mol. The largest absolute Gasteiger partial charge is 0.456 e. The highest BCUT2D eigenvalue weighted by atomic mass is 16.3. The van der Waals surface area contributed by atoms with E-state index in [2.05, 4.69) is 108 Å². The Bertz CT molecular complexity index is 3980. The number of pyridine rings is 1. The van der Waals surface area contributed by atoms with Crippen LogP contribution < -0.4 is 0 Å². The van der Waals surface area contributed by atoms with Gasteiger partial charge in [0.2, 0.25) is 0 Å². The second-order valence-electron chi connectivity index (χ2n) is 16.5. The Morgan fingerprint density at radius 1 is 0.375 bits per heavy atom. The van der Waals surface area contributed by atoms with Crippen LogP contribution in [0.3, 0.4) is 0 Å². The molecule has 1 aliphatic rings. The number of aromatic nitrogens is 5. The van der Waals surface area contributed by atoms with Crippen LogP contribution in [-0.2, 0) is 0 Å². The number of hydrogen-bond donors (Lipinski definition) is 0. The van der Waals surface area contributed by atoms with Gasteiger partial charge in [0.05, 0.1) is 34.5 Å². The molecule has 0 radical (unpaired) electrons. The minimum absolute atomic E-state index is 0.236. The number of nitrogens with zero attached hydrogens (tertiary/aromatic N) is 5. The molecule has 1 aliphatic carbocycles. The molecule has 1 atom stereocenters. The van der Waals surface area contributed by atoms with E-state index in [4.69, 9.17) is 28.8 Å². The summed E-state index contributed by atoms with van der Waals surface area (Å²) >= 11 is 0. The first-order valence-electron chi connectivity index (χ1n) is 21.5. The second kappa shape index (κ2) is 13.4. The van der Waals surface area contributed by atoms with Crippen LogP contribution in [0, 0.1) is 0 Å². The summed E-state index contributed by atoms with van der Waals surface area (Å²) < 4.78 is 15.2. The molecule has 0 aliphatic heterocycles. The molecule has 0 saturated heterocycles. The zero-order valence-electron chi connectivity index (χ0n) is 34.1. The SMILES string of the molecule is c1ccc(-c2nc(-c3ccccc3)nc(-c3cc(-n4c5ccccc5c5cc6oc7ccccc7c6cc54)cnc3C3c4ccccc4-c4cc5oc6ccccc6c5cc43)n2)cc1. The van der Waals surface area contributed by atoms with Crippen molar-refractivity contribution in [3.8, 4) is 51.0 Å². The van der Waals surface area contributed by atoms with Crippen molar-refractivity contribution in [3.05, 3.63) is 211 Å². The summed E-state index contributed by atoms with van der Waals surface area (Å²) in [4.78, 5) is 21.4. The lowest BCUT2D eigenvalue weighted by atomic mass is 9.89. The molecule has 5 heterocycles. The topological polar surface area (TPSA) is 82.8 Å². The van der Waals surface area contributed by atoms with Crippen molar-refractivity contribution in [1.29, 1.82) is 0 Å². The normalized spacial score (nSPS) is 13.5. The van der Waals surface area contributed by atoms with Gasteiger partial charge in [-0.3, -0.25) is 4.98 Å². The molecular weight excluding hydrogens is 787 g/mol. The van der Waals surface area contributed by atoms with Gasteiger partial charge in [-0.2, -0.15) is 0 Å². The molecule has 14 rings (SSSR count). The molecule has 0 saturated carbocycles. The maximum absolute atomic E-state index is 6.46. The van der Waals surface area contributed by atoms with Crippen molar-refractivity contribution in [1.82, 2.24) is 24.5 Å². The highest BCUT2D eigenvalue weighted by Crippen LogP contribution is 2.52. The number of rotatable bonds is 5. The van der Waals surface area contributed by atoms with E-state index in [1.54, 1.807) is 0 Å². The molecule has 298 valence electrons. The number of fused-ring (bicyclic) bond motifs is 12. The fourth-order valence-electron chi connectivity index (χ4n) is 10.1. The third-order valence-electron chi connectivity index (χ3n) is 13.0. The van der Waals surface area contributed by atoms with Gasteiger partial charge in [0.15, 0.2) is 17.5 Å². The molecule has 7 nitrogen and oxygen atoms in total. The standard InChI is InChI=1S/C57H33N5O2/c1-3-15-33(16-4-1)55-59-56(34-17-5-2-6-18-34)61-57(60-55)46-27-35(62-47-24-12-9-20-37(47)42-31-52-44(29-48(42)62)39-22-11-14-26-50(39)64-52)32-58-54(46)53-40-23-8-7-19-36(40)41-30-51-43(28-45(41)53)38-21-10-13-25-49(38)63-51/h1-32,53H. The summed E-state index contributed by atoms with van der Waals surface area (Å²) in [5, 5.41) is 6.52. The minimum Gasteiger partial charge on any atom is -0.456 e. The molecule has 8 aromatic carbocycles.